The van der Waals surface area contributed by atoms with Crippen molar-refractivity contribution in [1.82, 2.24) is 4.72 Å². The van der Waals surface area contributed by atoms with Crippen LogP contribution in [0.15, 0.2) is 0 Å². The molecule has 0 saturated heterocycles. The van der Waals surface area contributed by atoms with E-state index in [0.29, 0.717) is 0 Å². The molecule has 0 aliphatic carbocycles. The van der Waals surface area contributed by atoms with Crippen molar-refractivity contribution in [3.63, 3.8) is 0 Å². The molecule has 0 atom stereocenters. The molecule has 5 nitrogen and oxygen atoms in total. The SMILES string of the molecule is CCO.N#CSNC(=N)N. The Morgan fingerprint density at radius 3 is 2.50 bits per heavy atom. The quantitative estimate of drug-likeness (QED) is 0.182. The summed E-state index contributed by atoms with van der Waals surface area (Å²) in [6.45, 7) is 1.93. The standard InChI is InChI=1S/C2H4N4S.C2H6O/c3-1-7-6-2(4)5;1-2-3/h(H4,4,5,6);3H,2H2,1H3. The minimum Gasteiger partial charge on any atom is -0.397 e. The lowest BCUT2D eigenvalue weighted by Gasteiger charge is -1.89. The fourth-order valence-electron chi connectivity index (χ4n) is 0.0778. The second kappa shape index (κ2) is 10.9. The maximum absolute atomic E-state index is 7.81. The van der Waals surface area contributed by atoms with Crippen LogP contribution >= 0.6 is 11.9 Å². The van der Waals surface area contributed by atoms with Crippen LogP contribution in [0, 0.1) is 16.1 Å². The van der Waals surface area contributed by atoms with Gasteiger partial charge in [0.1, 0.15) is 0 Å². The van der Waals surface area contributed by atoms with Gasteiger partial charge in [-0.3, -0.25) is 10.1 Å². The first-order valence-electron chi connectivity index (χ1n) is 2.44. The Hall–Kier alpha value is -0.930. The van der Waals surface area contributed by atoms with E-state index < -0.39 is 0 Å². The molecule has 0 rings (SSSR count). The lowest BCUT2D eigenvalue weighted by molar-refractivity contribution is 0.318. The van der Waals surface area contributed by atoms with Crippen LogP contribution in [0.1, 0.15) is 6.92 Å². The summed E-state index contributed by atoms with van der Waals surface area (Å²) >= 11 is 0.722. The Morgan fingerprint density at radius 2 is 2.40 bits per heavy atom. The number of nitrogens with two attached hydrogens (primary N) is 1. The van der Waals surface area contributed by atoms with Crippen molar-refractivity contribution < 1.29 is 5.11 Å². The van der Waals surface area contributed by atoms with Crippen molar-refractivity contribution in [2.45, 2.75) is 6.92 Å². The summed E-state index contributed by atoms with van der Waals surface area (Å²) in [5.41, 5.74) is 4.78. The molecule has 0 fully saturated rings. The highest BCUT2D eigenvalue weighted by Gasteiger charge is 1.80. The van der Waals surface area contributed by atoms with Gasteiger partial charge in [-0.25, -0.2) is 0 Å². The van der Waals surface area contributed by atoms with Gasteiger partial charge >= 0.3 is 0 Å². The second-order valence-electron chi connectivity index (χ2n) is 1.03. The van der Waals surface area contributed by atoms with Gasteiger partial charge in [0.2, 0.25) is 0 Å². The molecule has 5 N–H and O–H groups in total. The van der Waals surface area contributed by atoms with E-state index in [1.165, 1.54) is 0 Å². The summed E-state index contributed by atoms with van der Waals surface area (Å²) in [5.74, 6) is -0.202. The van der Waals surface area contributed by atoms with E-state index in [1.54, 1.807) is 12.3 Å². The molecule has 0 unspecified atom stereocenters. The summed E-state index contributed by atoms with van der Waals surface area (Å²) in [6.07, 6.45) is 0. The smallest absolute Gasteiger partial charge is 0.196 e. The molecule has 0 heterocycles. The molecule has 0 aromatic carbocycles. The van der Waals surface area contributed by atoms with Crippen LogP contribution in [-0.4, -0.2) is 17.7 Å². The Morgan fingerprint density at radius 1 is 2.00 bits per heavy atom. The average Bonchev–Trinajstić information content (AvgIpc) is 1.85. The monoisotopic (exact) mass is 162 g/mol. The fourth-order valence-corrected chi connectivity index (χ4v) is 0.233. The normalized spacial score (nSPS) is 6.50. The number of nitriles is 1. The fraction of sp³-hybridized carbons (Fsp3) is 0.500. The van der Waals surface area contributed by atoms with E-state index in [-0.39, 0.29) is 12.6 Å². The van der Waals surface area contributed by atoms with Gasteiger partial charge in [0.25, 0.3) is 0 Å². The topological polar surface area (TPSA) is 106 Å². The van der Waals surface area contributed by atoms with Gasteiger partial charge in [-0.05, 0) is 6.92 Å². The molecule has 58 valence electrons. The molecule has 0 aromatic rings. The molecule has 0 aliphatic heterocycles. The summed E-state index contributed by atoms with van der Waals surface area (Å²) in [4.78, 5) is 0. The highest BCUT2D eigenvalue weighted by Crippen LogP contribution is 1.81. The minimum absolute atomic E-state index is 0.202. The Kier molecular flexibility index (Phi) is 12.9. The Balaban J connectivity index is 0. The van der Waals surface area contributed by atoms with Gasteiger partial charge in [-0.15, -0.1) is 0 Å². The number of hydrogen-bond donors (Lipinski definition) is 4. The maximum atomic E-state index is 7.81. The van der Waals surface area contributed by atoms with E-state index in [2.05, 4.69) is 4.72 Å². The first kappa shape index (κ1) is 11.8. The third-order valence-electron chi connectivity index (χ3n) is 0.207. The van der Waals surface area contributed by atoms with Crippen LogP contribution in [0.3, 0.4) is 0 Å². The van der Waals surface area contributed by atoms with Crippen molar-refractivity contribution in [3.05, 3.63) is 0 Å². The zero-order chi connectivity index (χ0) is 8.41. The molecule has 0 saturated carbocycles. The molecule has 10 heavy (non-hydrogen) atoms. The minimum atomic E-state index is -0.202. The highest BCUT2D eigenvalue weighted by molar-refractivity contribution is 8.02. The summed E-state index contributed by atoms with van der Waals surface area (Å²) in [5, 5.41) is 23.6. The molecular formula is C4H10N4OS. The number of nitrogens with one attached hydrogen (secondary N) is 2. The molecule has 0 aliphatic rings. The van der Waals surface area contributed by atoms with Crippen molar-refractivity contribution in [3.8, 4) is 5.40 Å². The number of hydrogen-bond acceptors (Lipinski definition) is 4. The first-order valence-corrected chi connectivity index (χ1v) is 3.26. The zero-order valence-corrected chi connectivity index (χ0v) is 6.40. The molecule has 0 bridgehead atoms. The van der Waals surface area contributed by atoms with E-state index in [4.69, 9.17) is 21.5 Å². The molecule has 0 amide bonds. The zero-order valence-electron chi connectivity index (χ0n) is 5.59. The van der Waals surface area contributed by atoms with Crippen molar-refractivity contribution in [2.75, 3.05) is 6.61 Å². The first-order chi connectivity index (χ1) is 4.68. The average molecular weight is 162 g/mol. The van der Waals surface area contributed by atoms with Gasteiger partial charge in [0.15, 0.2) is 11.4 Å². The van der Waals surface area contributed by atoms with E-state index >= 15 is 0 Å². The molecule has 0 spiro atoms. The van der Waals surface area contributed by atoms with Crippen LogP contribution in [0.5, 0.6) is 0 Å². The summed E-state index contributed by atoms with van der Waals surface area (Å²) in [7, 11) is 0. The Bertz CT molecular complexity index is 121. The van der Waals surface area contributed by atoms with E-state index in [0.717, 1.165) is 11.9 Å². The van der Waals surface area contributed by atoms with Gasteiger partial charge in [-0.2, -0.15) is 5.26 Å². The number of aliphatic hydroxyl groups excluding tert-OH is 1. The number of nitrogens with zero attached hydrogens (tertiary/aromatic N) is 1. The third-order valence-corrected chi connectivity index (χ3v) is 0.620. The van der Waals surface area contributed by atoms with Crippen molar-refractivity contribution in [1.29, 1.82) is 10.7 Å². The van der Waals surface area contributed by atoms with Crippen molar-refractivity contribution in [2.24, 2.45) is 5.73 Å². The number of guanidine groups is 1. The molecule has 0 radical (unpaired) electrons. The van der Waals surface area contributed by atoms with Gasteiger partial charge in [0.05, 0.1) is 11.9 Å². The summed E-state index contributed by atoms with van der Waals surface area (Å²) < 4.78 is 2.21. The summed E-state index contributed by atoms with van der Waals surface area (Å²) in [6, 6.07) is 0. The van der Waals surface area contributed by atoms with Crippen LogP contribution < -0.4 is 10.5 Å². The van der Waals surface area contributed by atoms with Crippen LogP contribution in [-0.2, 0) is 0 Å². The van der Waals surface area contributed by atoms with E-state index in [9.17, 15) is 0 Å². The maximum Gasteiger partial charge on any atom is 0.196 e. The lowest BCUT2D eigenvalue weighted by Crippen LogP contribution is -2.23. The van der Waals surface area contributed by atoms with Gasteiger partial charge < -0.3 is 10.8 Å². The lowest BCUT2D eigenvalue weighted by atomic mass is 10.9. The van der Waals surface area contributed by atoms with Gasteiger partial charge in [-0.1, -0.05) is 0 Å². The van der Waals surface area contributed by atoms with Crippen LogP contribution in [0.25, 0.3) is 0 Å². The van der Waals surface area contributed by atoms with E-state index in [1.807, 2.05) is 0 Å². The molecular weight excluding hydrogens is 152 g/mol. The number of rotatable bonds is 1. The molecule has 0 aromatic heterocycles. The predicted molar refractivity (Wildman–Crippen MR) is 41.0 cm³/mol. The van der Waals surface area contributed by atoms with Gasteiger partial charge in [0, 0.05) is 6.61 Å². The largest absolute Gasteiger partial charge is 0.397 e. The molecule has 6 heteroatoms. The number of thiocyanates is 1. The van der Waals surface area contributed by atoms with Crippen LogP contribution in [0.2, 0.25) is 0 Å². The van der Waals surface area contributed by atoms with Crippen LogP contribution in [0.4, 0.5) is 0 Å². The predicted octanol–water partition coefficient (Wildman–Crippen LogP) is -0.403. The van der Waals surface area contributed by atoms with Crippen molar-refractivity contribution >= 4 is 17.9 Å². The highest BCUT2D eigenvalue weighted by atomic mass is 32.2. The Labute approximate surface area is 63.9 Å². The second-order valence-corrected chi connectivity index (χ2v) is 1.62. The third kappa shape index (κ3) is 27.6. The number of aliphatic hydroxyl groups is 1.